The molecule has 0 radical (unpaired) electrons. The summed E-state index contributed by atoms with van der Waals surface area (Å²) in [6.07, 6.45) is 0. The van der Waals surface area contributed by atoms with Gasteiger partial charge in [0.2, 0.25) is 0 Å². The van der Waals surface area contributed by atoms with E-state index in [0.29, 0.717) is 0 Å². The van der Waals surface area contributed by atoms with Crippen LogP contribution >= 0.6 is 0 Å². The Morgan fingerprint density at radius 2 is 2.15 bits per heavy atom. The van der Waals surface area contributed by atoms with Gasteiger partial charge in [-0.2, -0.15) is 0 Å². The summed E-state index contributed by atoms with van der Waals surface area (Å²) in [5.41, 5.74) is 0.837. The van der Waals surface area contributed by atoms with Gasteiger partial charge < -0.3 is 0 Å². The highest BCUT2D eigenvalue weighted by Gasteiger charge is 2.38. The maximum atomic E-state index is 11.7. The maximum Gasteiger partial charge on any atom is 0.181 e. The van der Waals surface area contributed by atoms with Crippen LogP contribution in [0.1, 0.15) is 17.3 Å². The second kappa shape index (κ2) is 3.30. The van der Waals surface area contributed by atoms with E-state index in [1.807, 2.05) is 30.3 Å². The van der Waals surface area contributed by atoms with Gasteiger partial charge in [-0.3, -0.25) is 9.69 Å². The molecule has 0 spiro atoms. The number of nitrogens with zero attached hydrogens (tertiary/aromatic N) is 1. The molecule has 1 saturated heterocycles. The molecule has 1 aliphatic heterocycles. The van der Waals surface area contributed by atoms with Crippen LogP contribution in [0.4, 0.5) is 0 Å². The van der Waals surface area contributed by atoms with Crippen LogP contribution in [0.3, 0.4) is 0 Å². The summed E-state index contributed by atoms with van der Waals surface area (Å²) < 4.78 is 0. The minimum atomic E-state index is 0.160. The quantitative estimate of drug-likeness (QED) is 0.513. The molecule has 1 aromatic carbocycles. The molecule has 1 fully saturated rings. The van der Waals surface area contributed by atoms with Crippen LogP contribution in [0.25, 0.3) is 0 Å². The molecule has 0 saturated carbocycles. The molecule has 2 heteroatoms. The second-order valence-corrected chi connectivity index (χ2v) is 3.33. The van der Waals surface area contributed by atoms with Crippen molar-refractivity contribution in [2.24, 2.45) is 0 Å². The molecule has 0 N–H and O–H groups in total. The number of hydrogen-bond acceptors (Lipinski definition) is 2. The van der Waals surface area contributed by atoms with Gasteiger partial charge in [0.1, 0.15) is 0 Å². The van der Waals surface area contributed by atoms with Crippen LogP contribution in [0.15, 0.2) is 30.3 Å². The number of likely N-dealkylation sites (N-methyl/N-ethyl adjacent to an activating group) is 1. The molecular weight excluding hydrogens is 162 g/mol. The topological polar surface area (TPSA) is 20.1 Å². The molecule has 2 atom stereocenters. The van der Waals surface area contributed by atoms with E-state index in [4.69, 9.17) is 0 Å². The van der Waals surface area contributed by atoms with Crippen molar-refractivity contribution in [3.05, 3.63) is 35.9 Å². The summed E-state index contributed by atoms with van der Waals surface area (Å²) in [7, 11) is 0. The molecule has 13 heavy (non-hydrogen) atoms. The molecule has 2 unspecified atom stereocenters. The van der Waals surface area contributed by atoms with Gasteiger partial charge in [-0.05, 0) is 6.54 Å². The summed E-state index contributed by atoms with van der Waals surface area (Å²) in [6.45, 7) is 3.99. The van der Waals surface area contributed by atoms with Crippen molar-refractivity contribution in [2.75, 3.05) is 13.1 Å². The molecule has 2 nitrogen and oxygen atoms in total. The molecule has 0 amide bonds. The van der Waals surface area contributed by atoms with Gasteiger partial charge >= 0.3 is 0 Å². The number of Topliss-reactive ketones (excluding diaryl/α,β-unsaturated/α-hetero) is 1. The van der Waals surface area contributed by atoms with Crippen LogP contribution in [-0.2, 0) is 0 Å². The van der Waals surface area contributed by atoms with Gasteiger partial charge in [0.05, 0.1) is 6.04 Å². The second-order valence-electron chi connectivity index (χ2n) is 3.33. The highest BCUT2D eigenvalue weighted by atomic mass is 16.1. The average molecular weight is 175 g/mol. The summed E-state index contributed by atoms with van der Waals surface area (Å²) in [6, 6.07) is 9.68. The fourth-order valence-corrected chi connectivity index (χ4v) is 1.57. The molecule has 1 heterocycles. The first-order chi connectivity index (χ1) is 6.33. The van der Waals surface area contributed by atoms with E-state index in [2.05, 4.69) is 11.8 Å². The summed E-state index contributed by atoms with van der Waals surface area (Å²) >= 11 is 0. The molecule has 2 rings (SSSR count). The Bertz CT molecular complexity index is 307. The summed E-state index contributed by atoms with van der Waals surface area (Å²) in [5.74, 6) is 0.266. The Morgan fingerprint density at radius 3 is 2.69 bits per heavy atom. The highest BCUT2D eigenvalue weighted by Crippen LogP contribution is 2.20. The first-order valence-electron chi connectivity index (χ1n) is 4.66. The van der Waals surface area contributed by atoms with Gasteiger partial charge in [0.15, 0.2) is 5.78 Å². The zero-order chi connectivity index (χ0) is 9.26. The van der Waals surface area contributed by atoms with Crippen LogP contribution < -0.4 is 0 Å². The van der Waals surface area contributed by atoms with E-state index in [1.54, 1.807) is 0 Å². The number of carbonyl (C=O) groups excluding carboxylic acids is 1. The van der Waals surface area contributed by atoms with E-state index in [0.717, 1.165) is 18.7 Å². The fraction of sp³-hybridized carbons (Fsp3) is 0.364. The van der Waals surface area contributed by atoms with Gasteiger partial charge in [-0.25, -0.2) is 0 Å². The standard InChI is InChI=1S/C11H13NO/c1-2-12-8-10(12)11(13)9-6-4-3-5-7-9/h3-7,10H,2,8H2,1H3. The first kappa shape index (κ1) is 8.45. The van der Waals surface area contributed by atoms with Crippen molar-refractivity contribution in [3.63, 3.8) is 0 Å². The Balaban J connectivity index is 2.07. The molecule has 0 aliphatic carbocycles. The SMILES string of the molecule is CCN1CC1C(=O)c1ccccc1. The fourth-order valence-electron chi connectivity index (χ4n) is 1.57. The number of rotatable bonds is 3. The van der Waals surface area contributed by atoms with Gasteiger partial charge in [-0.15, -0.1) is 0 Å². The van der Waals surface area contributed by atoms with Gasteiger partial charge in [-0.1, -0.05) is 37.3 Å². The van der Waals surface area contributed by atoms with E-state index in [-0.39, 0.29) is 11.8 Å². The maximum absolute atomic E-state index is 11.7. The molecule has 0 bridgehead atoms. The minimum Gasteiger partial charge on any atom is -0.292 e. The van der Waals surface area contributed by atoms with Crippen molar-refractivity contribution < 1.29 is 4.79 Å². The molecule has 68 valence electrons. The molecule has 1 aliphatic rings. The Morgan fingerprint density at radius 1 is 1.46 bits per heavy atom. The summed E-state index contributed by atoms with van der Waals surface area (Å²) in [5, 5.41) is 0. The normalized spacial score (nSPS) is 25.6. The molecule has 1 aromatic rings. The average Bonchev–Trinajstić information content (AvgIpc) is 2.97. The van der Waals surface area contributed by atoms with Crippen molar-refractivity contribution >= 4 is 5.78 Å². The lowest BCUT2D eigenvalue weighted by Gasteiger charge is -1.99. The van der Waals surface area contributed by atoms with E-state index in [1.165, 1.54) is 0 Å². The van der Waals surface area contributed by atoms with Crippen molar-refractivity contribution in [3.8, 4) is 0 Å². The lowest BCUT2D eigenvalue weighted by Crippen LogP contribution is -2.12. The van der Waals surface area contributed by atoms with Gasteiger partial charge in [0.25, 0.3) is 0 Å². The zero-order valence-corrected chi connectivity index (χ0v) is 7.73. The van der Waals surface area contributed by atoms with Crippen molar-refractivity contribution in [1.29, 1.82) is 0 Å². The minimum absolute atomic E-state index is 0.160. The number of carbonyl (C=O) groups is 1. The first-order valence-corrected chi connectivity index (χ1v) is 4.66. The van der Waals surface area contributed by atoms with Crippen LogP contribution in [0.5, 0.6) is 0 Å². The number of ketones is 1. The van der Waals surface area contributed by atoms with E-state index in [9.17, 15) is 4.79 Å². The summed E-state index contributed by atoms with van der Waals surface area (Å²) in [4.78, 5) is 13.9. The van der Waals surface area contributed by atoms with Crippen LogP contribution in [0.2, 0.25) is 0 Å². The third kappa shape index (κ3) is 1.63. The van der Waals surface area contributed by atoms with Crippen LogP contribution in [-0.4, -0.2) is 29.8 Å². The smallest absolute Gasteiger partial charge is 0.181 e. The Labute approximate surface area is 78.2 Å². The molecule has 0 aromatic heterocycles. The predicted molar refractivity (Wildman–Crippen MR) is 51.8 cm³/mol. The van der Waals surface area contributed by atoms with E-state index >= 15 is 0 Å². The zero-order valence-electron chi connectivity index (χ0n) is 7.73. The van der Waals surface area contributed by atoms with Crippen LogP contribution in [0, 0.1) is 0 Å². The molecular formula is C11H13NO. The lowest BCUT2D eigenvalue weighted by molar-refractivity contribution is 0.0975. The number of hydrogen-bond donors (Lipinski definition) is 0. The van der Waals surface area contributed by atoms with Crippen molar-refractivity contribution in [2.45, 2.75) is 13.0 Å². The highest BCUT2D eigenvalue weighted by molar-refractivity contribution is 6.01. The van der Waals surface area contributed by atoms with Gasteiger partial charge in [0, 0.05) is 12.1 Å². The largest absolute Gasteiger partial charge is 0.292 e. The van der Waals surface area contributed by atoms with E-state index < -0.39 is 0 Å². The Hall–Kier alpha value is -1.15. The van der Waals surface area contributed by atoms with Crippen molar-refractivity contribution in [1.82, 2.24) is 4.90 Å². The number of benzene rings is 1. The predicted octanol–water partition coefficient (Wildman–Crippen LogP) is 1.57. The third-order valence-corrected chi connectivity index (χ3v) is 2.48. The lowest BCUT2D eigenvalue weighted by atomic mass is 10.1. The monoisotopic (exact) mass is 175 g/mol. The Kier molecular flexibility index (Phi) is 2.15. The third-order valence-electron chi connectivity index (χ3n) is 2.48.